The Hall–Kier alpha value is -3.15. The van der Waals surface area contributed by atoms with E-state index >= 15 is 0 Å². The summed E-state index contributed by atoms with van der Waals surface area (Å²) in [6, 6.07) is 19.8. The van der Waals surface area contributed by atoms with Gasteiger partial charge in [-0.1, -0.05) is 80.6 Å². The van der Waals surface area contributed by atoms with E-state index in [1.807, 2.05) is 94.4 Å². The minimum absolute atomic E-state index is 0.340. The lowest BCUT2D eigenvalue weighted by atomic mass is 9.54. The highest BCUT2D eigenvalue weighted by Crippen LogP contribution is 2.69. The summed E-state index contributed by atoms with van der Waals surface area (Å²) in [7, 11) is 0. The Morgan fingerprint density at radius 1 is 0.763 bits per heavy atom. The van der Waals surface area contributed by atoms with Crippen LogP contribution in [-0.4, -0.2) is 28.7 Å². The van der Waals surface area contributed by atoms with Crippen molar-refractivity contribution in [2.45, 2.75) is 43.5 Å². The van der Waals surface area contributed by atoms with Gasteiger partial charge in [0.1, 0.15) is 15.8 Å². The molecule has 3 atom stereocenters. The smallest absolute Gasteiger partial charge is 0.247 e. The van der Waals surface area contributed by atoms with E-state index in [9.17, 15) is 14.4 Å². The Labute approximate surface area is 232 Å². The summed E-state index contributed by atoms with van der Waals surface area (Å²) in [6.45, 7) is 7.49. The SMILES string of the molecule is Cc1cccc(C)c1NC(=O)[C@H](C(C)C)N1C(=O)[C@@H]2[C@H](C1=O)C1(Cl)c3ccccc3C2(Cl)c2ccccc21. The van der Waals surface area contributed by atoms with Crippen molar-refractivity contribution in [2.24, 2.45) is 17.8 Å². The fraction of sp³-hybridized carbons (Fsp3) is 0.323. The summed E-state index contributed by atoms with van der Waals surface area (Å²) >= 11 is 15.0. The summed E-state index contributed by atoms with van der Waals surface area (Å²) in [5.41, 5.74) is 5.43. The van der Waals surface area contributed by atoms with E-state index in [0.717, 1.165) is 38.3 Å². The highest BCUT2D eigenvalue weighted by molar-refractivity contribution is 6.36. The molecule has 0 aromatic heterocycles. The number of rotatable bonds is 4. The maximum atomic E-state index is 14.3. The van der Waals surface area contributed by atoms with Crippen molar-refractivity contribution >= 4 is 46.6 Å². The summed E-state index contributed by atoms with van der Waals surface area (Å²) < 4.78 is 0. The number of aryl methyl sites for hydroxylation is 2. The van der Waals surface area contributed by atoms with Crippen LogP contribution in [0.2, 0.25) is 0 Å². The first-order valence-corrected chi connectivity index (χ1v) is 13.6. The molecule has 3 aromatic rings. The van der Waals surface area contributed by atoms with Crippen LogP contribution in [-0.2, 0) is 24.1 Å². The average Bonchev–Trinajstić information content (AvgIpc) is 3.16. The number of benzene rings is 3. The lowest BCUT2D eigenvalue weighted by Crippen LogP contribution is -2.57. The number of hydrogen-bond acceptors (Lipinski definition) is 3. The molecule has 0 spiro atoms. The molecule has 0 radical (unpaired) electrons. The predicted octanol–water partition coefficient (Wildman–Crippen LogP) is 5.86. The number of amides is 3. The van der Waals surface area contributed by atoms with Crippen molar-refractivity contribution < 1.29 is 14.4 Å². The predicted molar refractivity (Wildman–Crippen MR) is 148 cm³/mol. The van der Waals surface area contributed by atoms with Crippen LogP contribution in [0.3, 0.4) is 0 Å². The van der Waals surface area contributed by atoms with Crippen molar-refractivity contribution in [3.63, 3.8) is 0 Å². The summed E-state index contributed by atoms with van der Waals surface area (Å²) in [6.07, 6.45) is 0. The maximum absolute atomic E-state index is 14.3. The van der Waals surface area contributed by atoms with Gasteiger partial charge in [-0.2, -0.15) is 0 Å². The number of hydrogen-bond donors (Lipinski definition) is 1. The van der Waals surface area contributed by atoms with Gasteiger partial charge in [0.05, 0.1) is 11.8 Å². The van der Waals surface area contributed by atoms with E-state index in [1.54, 1.807) is 0 Å². The molecule has 38 heavy (non-hydrogen) atoms. The molecular formula is C31H28Cl2N2O3. The maximum Gasteiger partial charge on any atom is 0.247 e. The molecule has 3 aromatic carbocycles. The van der Waals surface area contributed by atoms with Gasteiger partial charge in [0.25, 0.3) is 0 Å². The monoisotopic (exact) mass is 546 g/mol. The number of nitrogens with zero attached hydrogens (tertiary/aromatic N) is 1. The Bertz CT molecular complexity index is 1390. The van der Waals surface area contributed by atoms with E-state index in [4.69, 9.17) is 23.2 Å². The minimum Gasteiger partial charge on any atom is -0.324 e. The third kappa shape index (κ3) is 3.03. The van der Waals surface area contributed by atoms with Crippen molar-refractivity contribution in [3.8, 4) is 0 Å². The van der Waals surface area contributed by atoms with Gasteiger partial charge in [-0.15, -0.1) is 23.2 Å². The topological polar surface area (TPSA) is 66.5 Å². The fourth-order valence-electron chi connectivity index (χ4n) is 6.89. The van der Waals surface area contributed by atoms with Gasteiger partial charge in [-0.3, -0.25) is 19.3 Å². The van der Waals surface area contributed by atoms with Crippen LogP contribution in [0, 0.1) is 31.6 Å². The van der Waals surface area contributed by atoms with E-state index in [-0.39, 0.29) is 5.92 Å². The van der Waals surface area contributed by atoms with Crippen molar-refractivity contribution in [1.29, 1.82) is 0 Å². The molecular weight excluding hydrogens is 519 g/mol. The number of para-hydroxylation sites is 1. The number of likely N-dealkylation sites (tertiary alicyclic amines) is 1. The second-order valence-corrected chi connectivity index (χ2v) is 12.2. The quantitative estimate of drug-likeness (QED) is 0.329. The zero-order valence-electron chi connectivity index (χ0n) is 21.6. The zero-order chi connectivity index (χ0) is 27.1. The molecule has 0 unspecified atom stereocenters. The third-order valence-electron chi connectivity index (χ3n) is 8.53. The first kappa shape index (κ1) is 25.1. The van der Waals surface area contributed by atoms with E-state index < -0.39 is 45.3 Å². The molecule has 0 saturated carbocycles. The lowest BCUT2D eigenvalue weighted by molar-refractivity contribution is -0.148. The van der Waals surface area contributed by atoms with Crippen LogP contribution in [0.25, 0.3) is 0 Å². The van der Waals surface area contributed by atoms with Crippen molar-refractivity contribution in [2.75, 3.05) is 5.32 Å². The molecule has 5 nitrogen and oxygen atoms in total. The number of halogens is 2. The molecule has 1 heterocycles. The van der Waals surface area contributed by atoms with Gasteiger partial charge in [0.15, 0.2) is 0 Å². The normalized spacial score (nSPS) is 27.7. The Morgan fingerprint density at radius 3 is 1.53 bits per heavy atom. The van der Waals surface area contributed by atoms with Gasteiger partial charge in [-0.25, -0.2) is 0 Å². The molecule has 4 aliphatic rings. The number of alkyl halides is 2. The molecule has 3 aliphatic carbocycles. The highest BCUT2D eigenvalue weighted by Gasteiger charge is 2.73. The van der Waals surface area contributed by atoms with Gasteiger partial charge < -0.3 is 5.32 Å². The van der Waals surface area contributed by atoms with E-state index in [2.05, 4.69) is 5.32 Å². The largest absolute Gasteiger partial charge is 0.324 e. The summed E-state index contributed by atoms with van der Waals surface area (Å²) in [5, 5.41) is 3.00. The van der Waals surface area contributed by atoms with Crippen LogP contribution < -0.4 is 5.32 Å². The first-order valence-electron chi connectivity index (χ1n) is 12.9. The van der Waals surface area contributed by atoms with Crippen molar-refractivity contribution in [3.05, 3.63) is 100 Å². The Balaban J connectivity index is 1.49. The number of carbonyl (C=O) groups excluding carboxylic acids is 3. The van der Waals surface area contributed by atoms with Crippen LogP contribution in [0.1, 0.15) is 47.2 Å². The minimum atomic E-state index is -1.28. The van der Waals surface area contributed by atoms with Gasteiger partial charge >= 0.3 is 0 Å². The second kappa shape index (κ2) is 8.42. The Kier molecular flexibility index (Phi) is 5.57. The van der Waals surface area contributed by atoms with E-state index in [1.165, 1.54) is 0 Å². The molecule has 2 bridgehead atoms. The lowest BCUT2D eigenvalue weighted by Gasteiger charge is -2.54. The molecule has 1 aliphatic heterocycles. The summed E-state index contributed by atoms with van der Waals surface area (Å²) in [5.74, 6) is -3.54. The van der Waals surface area contributed by atoms with Gasteiger partial charge in [0, 0.05) is 5.69 Å². The number of carbonyl (C=O) groups is 3. The van der Waals surface area contributed by atoms with Crippen LogP contribution >= 0.6 is 23.2 Å². The molecule has 7 rings (SSSR count). The fourth-order valence-corrected chi connectivity index (χ4v) is 7.99. The van der Waals surface area contributed by atoms with Gasteiger partial charge in [0.2, 0.25) is 17.7 Å². The Morgan fingerprint density at radius 2 is 1.16 bits per heavy atom. The number of anilines is 1. The second-order valence-electron chi connectivity index (χ2n) is 11.0. The molecule has 1 fully saturated rings. The molecule has 194 valence electrons. The van der Waals surface area contributed by atoms with Crippen LogP contribution in [0.4, 0.5) is 5.69 Å². The highest BCUT2D eigenvalue weighted by atomic mass is 35.5. The standard InChI is InChI=1S/C31H28Cl2N2O3/c1-16(2)26(27(36)34-25-17(3)10-9-11-18(25)4)35-28(37)23-24(29(35)38)31(33)20-13-6-5-12-19(20)30(23,32)21-14-7-8-15-22(21)31/h5-16,23-24,26H,1-4H3,(H,34,36)/t23-,24+,26-,30?,31?/m0/s1. The van der Waals surface area contributed by atoms with Gasteiger partial charge in [-0.05, 0) is 53.1 Å². The molecule has 7 heteroatoms. The van der Waals surface area contributed by atoms with E-state index in [0.29, 0.717) is 5.69 Å². The third-order valence-corrected chi connectivity index (χ3v) is 9.81. The number of imide groups is 1. The first-order chi connectivity index (χ1) is 18.0. The average molecular weight is 547 g/mol. The molecule has 1 saturated heterocycles. The summed E-state index contributed by atoms with van der Waals surface area (Å²) in [4.78, 5) is 41.0. The zero-order valence-corrected chi connectivity index (χ0v) is 23.1. The molecule has 1 N–H and O–H groups in total. The van der Waals surface area contributed by atoms with Crippen LogP contribution in [0.5, 0.6) is 0 Å². The van der Waals surface area contributed by atoms with Crippen LogP contribution in [0.15, 0.2) is 66.7 Å². The molecule has 3 amide bonds. The number of nitrogens with one attached hydrogen (secondary N) is 1. The van der Waals surface area contributed by atoms with Crippen molar-refractivity contribution in [1.82, 2.24) is 4.90 Å².